The number of anilines is 1. The molecule has 0 fully saturated rings. The van der Waals surface area contributed by atoms with Crippen LogP contribution in [0.25, 0.3) is 10.9 Å². The van der Waals surface area contributed by atoms with Crippen LogP contribution in [0.15, 0.2) is 42.6 Å². The molecule has 3 rings (SSSR count). The number of nitrogens with one attached hydrogen (secondary N) is 1. The van der Waals surface area contributed by atoms with Gasteiger partial charge in [-0.15, -0.1) is 0 Å². The van der Waals surface area contributed by atoms with Crippen molar-refractivity contribution in [3.8, 4) is 11.5 Å². The summed E-state index contributed by atoms with van der Waals surface area (Å²) < 4.78 is 11.2. The zero-order chi connectivity index (χ0) is 19.4. The number of aromatic nitrogens is 1. The average Bonchev–Trinajstić information content (AvgIpc) is 2.66. The van der Waals surface area contributed by atoms with Crippen molar-refractivity contribution >= 4 is 34.1 Å². The molecule has 0 atom stereocenters. The zero-order valence-electron chi connectivity index (χ0n) is 15.5. The lowest BCUT2D eigenvalue weighted by molar-refractivity contribution is -0.118. The highest BCUT2D eigenvalue weighted by Crippen LogP contribution is 2.30. The molecular weight excluding hydrogens is 364 g/mol. The van der Waals surface area contributed by atoms with E-state index in [1.807, 2.05) is 51.1 Å². The third-order valence-electron chi connectivity index (χ3n) is 4.09. The van der Waals surface area contributed by atoms with Gasteiger partial charge >= 0.3 is 0 Å². The number of benzene rings is 2. The second-order valence-corrected chi connectivity index (χ2v) is 6.53. The maximum absolute atomic E-state index is 12.4. The number of halogens is 1. The fourth-order valence-corrected chi connectivity index (χ4v) is 2.96. The van der Waals surface area contributed by atoms with Gasteiger partial charge in [0.15, 0.2) is 6.61 Å². The zero-order valence-corrected chi connectivity index (χ0v) is 16.3. The number of carbonyl (C=O) groups is 1. The second-order valence-electron chi connectivity index (χ2n) is 6.15. The summed E-state index contributed by atoms with van der Waals surface area (Å²) in [5, 5.41) is 4.40. The Kier molecular flexibility index (Phi) is 5.81. The van der Waals surface area contributed by atoms with Gasteiger partial charge < -0.3 is 14.8 Å². The fraction of sp³-hybridized carbons (Fsp3) is 0.238. The number of ether oxygens (including phenoxy) is 2. The molecule has 0 aliphatic rings. The summed E-state index contributed by atoms with van der Waals surface area (Å²) in [6, 6.07) is 11.0. The number of fused-ring (bicyclic) bond motifs is 1. The number of carbonyl (C=O) groups excluding carboxylic acids is 1. The molecular formula is C21H21ClN2O3. The van der Waals surface area contributed by atoms with Crippen molar-refractivity contribution in [1.29, 1.82) is 0 Å². The van der Waals surface area contributed by atoms with Gasteiger partial charge in [0, 0.05) is 16.6 Å². The van der Waals surface area contributed by atoms with E-state index >= 15 is 0 Å². The minimum atomic E-state index is -0.255. The molecule has 6 heteroatoms. The number of hydrogen-bond donors (Lipinski definition) is 1. The molecule has 5 nitrogen and oxygen atoms in total. The van der Waals surface area contributed by atoms with E-state index in [1.165, 1.54) is 0 Å². The average molecular weight is 385 g/mol. The summed E-state index contributed by atoms with van der Waals surface area (Å²) in [4.78, 5) is 16.7. The van der Waals surface area contributed by atoms with Crippen molar-refractivity contribution in [3.63, 3.8) is 0 Å². The molecule has 1 heterocycles. The van der Waals surface area contributed by atoms with Crippen LogP contribution in [0, 0.1) is 13.8 Å². The Bertz CT molecular complexity index is 965. The predicted molar refractivity (Wildman–Crippen MR) is 108 cm³/mol. The molecule has 1 N–H and O–H groups in total. The van der Waals surface area contributed by atoms with Gasteiger partial charge in [0.05, 0.1) is 12.3 Å². The smallest absolute Gasteiger partial charge is 0.262 e. The van der Waals surface area contributed by atoms with Gasteiger partial charge in [0.2, 0.25) is 0 Å². The van der Waals surface area contributed by atoms with Crippen LogP contribution in [-0.4, -0.2) is 24.1 Å². The minimum absolute atomic E-state index is 0.102. The van der Waals surface area contributed by atoms with Crippen LogP contribution >= 0.6 is 11.6 Å². The lowest BCUT2D eigenvalue weighted by atomic mass is 10.1. The molecule has 140 valence electrons. The number of pyridine rings is 1. The molecule has 2 aromatic carbocycles. The van der Waals surface area contributed by atoms with Crippen molar-refractivity contribution in [2.75, 3.05) is 18.5 Å². The summed E-state index contributed by atoms with van der Waals surface area (Å²) >= 11 is 6.16. The molecule has 0 spiro atoms. The van der Waals surface area contributed by atoms with Gasteiger partial charge in [0.25, 0.3) is 5.91 Å². The Morgan fingerprint density at radius 2 is 1.89 bits per heavy atom. The summed E-state index contributed by atoms with van der Waals surface area (Å²) in [5.74, 6) is 1.05. The third-order valence-corrected chi connectivity index (χ3v) is 4.68. The number of amides is 1. The topological polar surface area (TPSA) is 60.5 Å². The van der Waals surface area contributed by atoms with Gasteiger partial charge in [-0.3, -0.25) is 9.78 Å². The van der Waals surface area contributed by atoms with Crippen molar-refractivity contribution < 1.29 is 14.3 Å². The van der Waals surface area contributed by atoms with Gasteiger partial charge in [-0.2, -0.15) is 0 Å². The van der Waals surface area contributed by atoms with Crippen LogP contribution in [0.3, 0.4) is 0 Å². The van der Waals surface area contributed by atoms with Crippen LogP contribution in [0.4, 0.5) is 5.69 Å². The quantitative estimate of drug-likeness (QED) is 0.655. The Balaban J connectivity index is 1.74. The second kappa shape index (κ2) is 8.27. The van der Waals surface area contributed by atoms with Gasteiger partial charge in [0.1, 0.15) is 17.0 Å². The molecule has 0 saturated heterocycles. The first-order chi connectivity index (χ1) is 13.0. The monoisotopic (exact) mass is 384 g/mol. The number of aryl methyl sites for hydroxylation is 2. The van der Waals surface area contributed by atoms with Crippen molar-refractivity contribution in [1.82, 2.24) is 4.98 Å². The molecule has 0 aliphatic carbocycles. The normalized spacial score (nSPS) is 10.7. The Morgan fingerprint density at radius 3 is 2.59 bits per heavy atom. The fourth-order valence-electron chi connectivity index (χ4n) is 2.85. The van der Waals surface area contributed by atoms with Crippen LogP contribution in [0.5, 0.6) is 11.5 Å². The lowest BCUT2D eigenvalue weighted by Crippen LogP contribution is -2.20. The maximum Gasteiger partial charge on any atom is 0.262 e. The molecule has 1 aromatic heterocycles. The molecule has 0 unspecified atom stereocenters. The summed E-state index contributed by atoms with van der Waals surface area (Å²) in [5.41, 5.74) is 3.20. The van der Waals surface area contributed by atoms with E-state index in [9.17, 15) is 4.79 Å². The van der Waals surface area contributed by atoms with E-state index in [-0.39, 0.29) is 12.5 Å². The van der Waals surface area contributed by atoms with Crippen LogP contribution in [0.1, 0.15) is 18.1 Å². The van der Waals surface area contributed by atoms with E-state index in [0.29, 0.717) is 34.3 Å². The molecule has 0 radical (unpaired) electrons. The summed E-state index contributed by atoms with van der Waals surface area (Å²) in [7, 11) is 0. The Labute approximate surface area is 163 Å². The first kappa shape index (κ1) is 19.0. The van der Waals surface area contributed by atoms with Gasteiger partial charge in [-0.25, -0.2) is 0 Å². The largest absolute Gasteiger partial charge is 0.492 e. The number of nitrogens with zero attached hydrogens (tertiary/aromatic N) is 1. The maximum atomic E-state index is 12.4. The number of rotatable bonds is 6. The van der Waals surface area contributed by atoms with Crippen LogP contribution < -0.4 is 14.8 Å². The minimum Gasteiger partial charge on any atom is -0.492 e. The van der Waals surface area contributed by atoms with Crippen LogP contribution in [-0.2, 0) is 4.79 Å². The third kappa shape index (κ3) is 4.31. The highest BCUT2D eigenvalue weighted by Gasteiger charge is 2.11. The number of hydrogen-bond acceptors (Lipinski definition) is 4. The van der Waals surface area contributed by atoms with E-state index in [0.717, 1.165) is 16.5 Å². The Morgan fingerprint density at radius 1 is 1.15 bits per heavy atom. The van der Waals surface area contributed by atoms with Crippen LogP contribution in [0.2, 0.25) is 5.02 Å². The SMILES string of the molecule is CCOc1ccc(NC(=O)COc2cc(C)c(Cl)c(C)c2)c2cccnc12. The molecule has 3 aromatic rings. The first-order valence-corrected chi connectivity index (χ1v) is 9.07. The Hall–Kier alpha value is -2.79. The molecule has 0 bridgehead atoms. The lowest BCUT2D eigenvalue weighted by Gasteiger charge is -2.13. The first-order valence-electron chi connectivity index (χ1n) is 8.69. The molecule has 0 aliphatic heterocycles. The van der Waals surface area contributed by atoms with Crippen molar-refractivity contribution in [2.45, 2.75) is 20.8 Å². The van der Waals surface area contributed by atoms with E-state index < -0.39 is 0 Å². The highest BCUT2D eigenvalue weighted by atomic mass is 35.5. The molecule has 1 amide bonds. The predicted octanol–water partition coefficient (Wildman–Crippen LogP) is 4.92. The van der Waals surface area contributed by atoms with E-state index in [4.69, 9.17) is 21.1 Å². The van der Waals surface area contributed by atoms with Gasteiger partial charge in [-0.05, 0) is 68.3 Å². The van der Waals surface area contributed by atoms with Crippen molar-refractivity contribution in [2.24, 2.45) is 0 Å². The standard InChI is InChI=1S/C21H21ClN2O3/c1-4-26-18-8-7-17(16-6-5-9-23-21(16)18)24-19(25)12-27-15-10-13(2)20(22)14(3)11-15/h5-11H,4,12H2,1-3H3,(H,24,25). The highest BCUT2D eigenvalue weighted by molar-refractivity contribution is 6.32. The van der Waals surface area contributed by atoms with E-state index in [1.54, 1.807) is 12.3 Å². The molecule has 27 heavy (non-hydrogen) atoms. The summed E-state index contributed by atoms with van der Waals surface area (Å²) in [6.45, 7) is 6.17. The van der Waals surface area contributed by atoms with E-state index in [2.05, 4.69) is 10.3 Å². The van der Waals surface area contributed by atoms with Gasteiger partial charge in [-0.1, -0.05) is 11.6 Å². The summed E-state index contributed by atoms with van der Waals surface area (Å²) in [6.07, 6.45) is 1.70. The van der Waals surface area contributed by atoms with Crippen molar-refractivity contribution in [3.05, 3.63) is 58.7 Å². The molecule has 0 saturated carbocycles.